The Hall–Kier alpha value is -1.60. The van der Waals surface area contributed by atoms with Crippen molar-refractivity contribution >= 4 is 15.7 Å². The number of piperazine rings is 1. The summed E-state index contributed by atoms with van der Waals surface area (Å²) in [5.41, 5.74) is 0.751. The Kier molecular flexibility index (Phi) is 4.93. The number of sulfone groups is 1. The fourth-order valence-corrected chi connectivity index (χ4v) is 5.96. The van der Waals surface area contributed by atoms with Gasteiger partial charge in [0.05, 0.1) is 24.0 Å². The second-order valence-electron chi connectivity index (χ2n) is 8.02. The van der Waals surface area contributed by atoms with Crippen LogP contribution in [0.25, 0.3) is 0 Å². The van der Waals surface area contributed by atoms with Crippen LogP contribution in [-0.2, 0) is 20.0 Å². The average Bonchev–Trinajstić information content (AvgIpc) is 3.50. The van der Waals surface area contributed by atoms with Crippen molar-refractivity contribution in [2.45, 2.75) is 37.1 Å². The first-order valence-electron chi connectivity index (χ1n) is 9.82. The summed E-state index contributed by atoms with van der Waals surface area (Å²) in [5.74, 6) is 1.66. The molecule has 3 fully saturated rings. The summed E-state index contributed by atoms with van der Waals surface area (Å²) in [5, 5.41) is 0. The van der Waals surface area contributed by atoms with Gasteiger partial charge in [-0.2, -0.15) is 0 Å². The lowest BCUT2D eigenvalue weighted by Gasteiger charge is -2.41. The van der Waals surface area contributed by atoms with E-state index in [1.54, 1.807) is 7.11 Å². The van der Waals surface area contributed by atoms with Crippen LogP contribution in [0.5, 0.6) is 5.75 Å². The lowest BCUT2D eigenvalue weighted by atomic mass is 9.93. The van der Waals surface area contributed by atoms with Crippen LogP contribution in [0.4, 0.5) is 0 Å². The maximum atomic E-state index is 13.2. The smallest absolute Gasteiger partial charge is 0.233 e. The Morgan fingerprint density at radius 3 is 2.15 bits per heavy atom. The lowest BCUT2D eigenvalue weighted by molar-refractivity contribution is -0.136. The minimum atomic E-state index is -2.83. The number of hydrogen-bond acceptors (Lipinski definition) is 5. The van der Waals surface area contributed by atoms with Crippen molar-refractivity contribution in [3.8, 4) is 5.75 Å². The van der Waals surface area contributed by atoms with Gasteiger partial charge in [-0.1, -0.05) is 12.1 Å². The van der Waals surface area contributed by atoms with Crippen molar-refractivity contribution in [1.82, 2.24) is 9.80 Å². The van der Waals surface area contributed by atoms with E-state index < -0.39 is 9.84 Å². The van der Waals surface area contributed by atoms with Crippen LogP contribution in [0, 0.1) is 0 Å². The van der Waals surface area contributed by atoms with Crippen molar-refractivity contribution in [3.05, 3.63) is 29.8 Å². The van der Waals surface area contributed by atoms with Crippen LogP contribution in [0.2, 0.25) is 0 Å². The number of hydrogen-bond donors (Lipinski definition) is 0. The Bertz CT molecular complexity index is 780. The molecule has 0 unspecified atom stereocenters. The van der Waals surface area contributed by atoms with Gasteiger partial charge in [-0.25, -0.2) is 8.42 Å². The third kappa shape index (κ3) is 3.72. The van der Waals surface area contributed by atoms with E-state index in [1.165, 1.54) is 0 Å². The second-order valence-corrected chi connectivity index (χ2v) is 10.3. The van der Waals surface area contributed by atoms with Gasteiger partial charge in [-0.3, -0.25) is 9.69 Å². The molecule has 2 heterocycles. The summed E-state index contributed by atoms with van der Waals surface area (Å²) in [7, 11) is -1.18. The molecule has 7 heteroatoms. The highest BCUT2D eigenvalue weighted by atomic mass is 32.2. The van der Waals surface area contributed by atoms with Crippen molar-refractivity contribution in [2.24, 2.45) is 0 Å². The summed E-state index contributed by atoms with van der Waals surface area (Å²) < 4.78 is 28.5. The minimum absolute atomic E-state index is 0.249. The van der Waals surface area contributed by atoms with E-state index in [0.717, 1.165) is 63.2 Å². The van der Waals surface area contributed by atoms with E-state index in [-0.39, 0.29) is 11.3 Å². The summed E-state index contributed by atoms with van der Waals surface area (Å²) in [6.07, 6.45) is 3.29. The molecule has 1 aliphatic carbocycles. The molecule has 1 aromatic rings. The first-order valence-corrected chi connectivity index (χ1v) is 11.6. The van der Waals surface area contributed by atoms with Gasteiger partial charge in [0.15, 0.2) is 0 Å². The zero-order valence-electron chi connectivity index (χ0n) is 15.9. The van der Waals surface area contributed by atoms with Gasteiger partial charge in [0.2, 0.25) is 5.91 Å². The minimum Gasteiger partial charge on any atom is -0.497 e. The molecule has 1 aromatic carbocycles. The van der Waals surface area contributed by atoms with Gasteiger partial charge in [-0.05, 0) is 43.4 Å². The Labute approximate surface area is 161 Å². The molecule has 4 rings (SSSR count). The fraction of sp³-hybridized carbons (Fsp3) is 0.650. The third-order valence-electron chi connectivity index (χ3n) is 6.44. The number of amides is 1. The molecule has 3 aliphatic rings. The molecule has 2 saturated heterocycles. The molecular formula is C20H28N2O4S. The Morgan fingerprint density at radius 2 is 1.63 bits per heavy atom. The van der Waals surface area contributed by atoms with E-state index in [0.29, 0.717) is 17.5 Å². The van der Waals surface area contributed by atoms with Gasteiger partial charge < -0.3 is 9.64 Å². The number of nitrogens with zero attached hydrogens (tertiary/aromatic N) is 2. The number of rotatable bonds is 4. The van der Waals surface area contributed by atoms with Crippen molar-refractivity contribution in [2.75, 3.05) is 44.8 Å². The zero-order valence-corrected chi connectivity index (χ0v) is 16.7. The van der Waals surface area contributed by atoms with Crippen LogP contribution >= 0.6 is 0 Å². The number of benzene rings is 1. The predicted molar refractivity (Wildman–Crippen MR) is 104 cm³/mol. The van der Waals surface area contributed by atoms with Gasteiger partial charge in [0.1, 0.15) is 15.6 Å². The van der Waals surface area contributed by atoms with Crippen LogP contribution in [-0.4, -0.2) is 75.0 Å². The lowest BCUT2D eigenvalue weighted by Crippen LogP contribution is -2.55. The Balaban J connectivity index is 1.36. The molecule has 0 bridgehead atoms. The second kappa shape index (κ2) is 7.09. The molecule has 0 spiro atoms. The SMILES string of the molecule is COc1ccc(C2(C(=O)N3CCN(C4CCS(=O)(=O)CC4)CC3)CC2)cc1. The molecule has 148 valence electrons. The third-order valence-corrected chi connectivity index (χ3v) is 8.16. The monoisotopic (exact) mass is 392 g/mol. The number of methoxy groups -OCH3 is 1. The largest absolute Gasteiger partial charge is 0.497 e. The summed E-state index contributed by atoms with van der Waals surface area (Å²) in [6, 6.07) is 8.24. The molecule has 0 aromatic heterocycles. The molecule has 27 heavy (non-hydrogen) atoms. The maximum absolute atomic E-state index is 13.2. The average molecular weight is 393 g/mol. The highest BCUT2D eigenvalue weighted by Gasteiger charge is 2.53. The number of ether oxygens (including phenoxy) is 1. The molecule has 1 saturated carbocycles. The molecule has 6 nitrogen and oxygen atoms in total. The molecule has 1 amide bonds. The Morgan fingerprint density at radius 1 is 1.04 bits per heavy atom. The van der Waals surface area contributed by atoms with Gasteiger partial charge >= 0.3 is 0 Å². The van der Waals surface area contributed by atoms with Crippen LogP contribution < -0.4 is 4.74 Å². The molecule has 0 N–H and O–H groups in total. The van der Waals surface area contributed by atoms with Gasteiger partial charge in [-0.15, -0.1) is 0 Å². The van der Waals surface area contributed by atoms with E-state index in [4.69, 9.17) is 4.74 Å². The molecule has 0 atom stereocenters. The highest BCUT2D eigenvalue weighted by Crippen LogP contribution is 2.50. The van der Waals surface area contributed by atoms with E-state index in [2.05, 4.69) is 4.90 Å². The molecule has 2 aliphatic heterocycles. The zero-order chi connectivity index (χ0) is 19.1. The number of carbonyl (C=O) groups is 1. The van der Waals surface area contributed by atoms with Crippen molar-refractivity contribution in [3.63, 3.8) is 0 Å². The van der Waals surface area contributed by atoms with Gasteiger partial charge in [0.25, 0.3) is 0 Å². The fourth-order valence-electron chi connectivity index (χ4n) is 4.50. The summed E-state index contributed by atoms with van der Waals surface area (Å²) in [4.78, 5) is 17.6. The maximum Gasteiger partial charge on any atom is 0.233 e. The summed E-state index contributed by atoms with van der Waals surface area (Å²) >= 11 is 0. The normalized spacial score (nSPS) is 25.1. The predicted octanol–water partition coefficient (Wildman–Crippen LogP) is 1.45. The standard InChI is InChI=1S/C20H28N2O4S/c1-26-18-4-2-16(3-5-18)20(8-9-20)19(23)22-12-10-21(11-13-22)17-6-14-27(24,25)15-7-17/h2-5,17H,6-15H2,1H3. The topological polar surface area (TPSA) is 66.9 Å². The first kappa shape index (κ1) is 18.7. The van der Waals surface area contributed by atoms with Gasteiger partial charge in [0, 0.05) is 32.2 Å². The van der Waals surface area contributed by atoms with E-state index in [1.807, 2.05) is 29.2 Å². The first-order chi connectivity index (χ1) is 12.9. The molecular weight excluding hydrogens is 364 g/mol. The molecule has 0 radical (unpaired) electrons. The number of carbonyl (C=O) groups excluding carboxylic acids is 1. The van der Waals surface area contributed by atoms with E-state index >= 15 is 0 Å². The summed E-state index contributed by atoms with van der Waals surface area (Å²) in [6.45, 7) is 3.16. The van der Waals surface area contributed by atoms with Crippen molar-refractivity contribution < 1.29 is 17.9 Å². The van der Waals surface area contributed by atoms with Crippen LogP contribution in [0.3, 0.4) is 0 Å². The quantitative estimate of drug-likeness (QED) is 0.776. The van der Waals surface area contributed by atoms with Crippen LogP contribution in [0.15, 0.2) is 24.3 Å². The highest BCUT2D eigenvalue weighted by molar-refractivity contribution is 7.91. The van der Waals surface area contributed by atoms with E-state index in [9.17, 15) is 13.2 Å². The van der Waals surface area contributed by atoms with Crippen molar-refractivity contribution in [1.29, 1.82) is 0 Å². The van der Waals surface area contributed by atoms with Crippen LogP contribution in [0.1, 0.15) is 31.2 Å².